The van der Waals surface area contributed by atoms with Gasteiger partial charge < -0.3 is 4.98 Å². The zero-order valence-electron chi connectivity index (χ0n) is 4.46. The molecule has 0 saturated carbocycles. The predicted molar refractivity (Wildman–Crippen MR) is 34.8 cm³/mol. The minimum atomic E-state index is 0.342. The maximum Gasteiger partial charge on any atom is 0.198 e. The second kappa shape index (κ2) is 2.56. The molecular weight excluding hydrogens is 138 g/mol. The average Bonchev–Trinajstić information content (AvgIpc) is 1.88. The van der Waals surface area contributed by atoms with Crippen molar-refractivity contribution in [3.63, 3.8) is 0 Å². The summed E-state index contributed by atoms with van der Waals surface area (Å²) in [6.07, 6.45) is 1.50. The number of aromatic nitrogens is 2. The Kier molecular flexibility index (Phi) is 1.76. The first-order chi connectivity index (χ1) is 4.33. The molecule has 0 radical (unpaired) electrons. The van der Waals surface area contributed by atoms with Gasteiger partial charge >= 0.3 is 0 Å². The Labute approximate surface area is 56.5 Å². The third kappa shape index (κ3) is 1.48. The van der Waals surface area contributed by atoms with Gasteiger partial charge in [0.25, 0.3) is 0 Å². The van der Waals surface area contributed by atoms with Crippen LogP contribution in [-0.4, -0.2) is 15.2 Å². The molecule has 0 aromatic carbocycles. The first-order valence-electron chi connectivity index (χ1n) is 2.28. The van der Waals surface area contributed by atoms with Crippen molar-refractivity contribution in [1.82, 2.24) is 9.97 Å². The van der Waals surface area contributed by atoms with Crippen molar-refractivity contribution in [1.29, 1.82) is 0 Å². The number of H-pyrrole nitrogens is 1. The van der Waals surface area contributed by atoms with Gasteiger partial charge in [-0.3, -0.25) is 10.7 Å². The molecule has 0 aliphatic heterocycles. The zero-order chi connectivity index (χ0) is 6.69. The van der Waals surface area contributed by atoms with Gasteiger partial charge in [-0.25, -0.2) is 4.98 Å². The van der Waals surface area contributed by atoms with E-state index in [-0.39, 0.29) is 0 Å². The molecule has 0 unspecified atom stereocenters. The molecule has 0 saturated heterocycles. The molecule has 0 aliphatic rings. The van der Waals surface area contributed by atoms with Crippen LogP contribution >= 0.6 is 12.2 Å². The minimum Gasteiger partial charge on any atom is -0.316 e. The smallest absolute Gasteiger partial charge is 0.198 e. The molecule has 3 N–H and O–H groups in total. The number of hydrogen-bond donors (Lipinski definition) is 3. The Bertz CT molecular complexity index is 246. The predicted octanol–water partition coefficient (Wildman–Crippen LogP) is 0.940. The fraction of sp³-hybridized carbons (Fsp3) is 0. The van der Waals surface area contributed by atoms with Crippen LogP contribution in [0, 0.1) is 4.77 Å². The number of nitrogens with zero attached hydrogens (tertiary/aromatic N) is 1. The largest absolute Gasteiger partial charge is 0.316 e. The highest BCUT2D eigenvalue weighted by molar-refractivity contribution is 7.71. The summed E-state index contributed by atoms with van der Waals surface area (Å²) in [6.45, 7) is 0. The van der Waals surface area contributed by atoms with Crippen LogP contribution in [-0.2, 0) is 0 Å². The number of aromatic amines is 1. The molecule has 0 bridgehead atoms. The first-order valence-corrected chi connectivity index (χ1v) is 2.69. The van der Waals surface area contributed by atoms with Crippen LogP contribution in [0.5, 0.6) is 0 Å². The maximum atomic E-state index is 8.31. The van der Waals surface area contributed by atoms with Gasteiger partial charge in [-0.05, 0) is 18.3 Å². The fourth-order valence-electron chi connectivity index (χ4n) is 0.434. The van der Waals surface area contributed by atoms with Crippen molar-refractivity contribution in [3.8, 4) is 0 Å². The monoisotopic (exact) mass is 143 g/mol. The van der Waals surface area contributed by atoms with Gasteiger partial charge in [0.15, 0.2) is 4.77 Å². The SMILES string of the molecule is ONc1ccnc(=S)[nH]1. The molecular formula is C4H5N3OS. The van der Waals surface area contributed by atoms with Crippen molar-refractivity contribution < 1.29 is 5.21 Å². The summed E-state index contributed by atoms with van der Waals surface area (Å²) >= 11 is 4.65. The van der Waals surface area contributed by atoms with E-state index in [9.17, 15) is 0 Å². The summed E-state index contributed by atoms with van der Waals surface area (Å²) in [5, 5.41) is 8.31. The van der Waals surface area contributed by atoms with Crippen molar-refractivity contribution in [2.24, 2.45) is 0 Å². The molecule has 5 heteroatoms. The van der Waals surface area contributed by atoms with Crippen LogP contribution in [0.2, 0.25) is 0 Å². The Morgan fingerprint density at radius 1 is 1.78 bits per heavy atom. The molecule has 9 heavy (non-hydrogen) atoms. The van der Waals surface area contributed by atoms with Crippen LogP contribution in [0.15, 0.2) is 12.3 Å². The van der Waals surface area contributed by atoms with Gasteiger partial charge in [0.05, 0.1) is 0 Å². The minimum absolute atomic E-state index is 0.342. The Morgan fingerprint density at radius 2 is 2.56 bits per heavy atom. The Morgan fingerprint density at radius 3 is 3.00 bits per heavy atom. The lowest BCUT2D eigenvalue weighted by molar-refractivity contribution is 0.385. The highest BCUT2D eigenvalue weighted by Crippen LogP contribution is 1.95. The molecule has 1 rings (SSSR count). The van der Waals surface area contributed by atoms with Crippen molar-refractivity contribution in [2.45, 2.75) is 0 Å². The van der Waals surface area contributed by atoms with Gasteiger partial charge in [-0.15, -0.1) is 0 Å². The van der Waals surface area contributed by atoms with E-state index in [1.54, 1.807) is 6.07 Å². The maximum absolute atomic E-state index is 8.31. The lowest BCUT2D eigenvalue weighted by Crippen LogP contribution is -1.92. The van der Waals surface area contributed by atoms with Gasteiger partial charge in [0, 0.05) is 6.20 Å². The molecule has 1 aromatic heterocycles. The van der Waals surface area contributed by atoms with Gasteiger partial charge in [-0.2, -0.15) is 0 Å². The van der Waals surface area contributed by atoms with E-state index in [2.05, 4.69) is 22.2 Å². The summed E-state index contributed by atoms with van der Waals surface area (Å²) in [6, 6.07) is 1.57. The highest BCUT2D eigenvalue weighted by atomic mass is 32.1. The van der Waals surface area contributed by atoms with Crippen molar-refractivity contribution in [2.75, 3.05) is 5.48 Å². The van der Waals surface area contributed by atoms with Gasteiger partial charge in [-0.1, -0.05) is 0 Å². The summed E-state index contributed by atoms with van der Waals surface area (Å²) in [4.78, 5) is 6.30. The fourth-order valence-corrected chi connectivity index (χ4v) is 0.605. The van der Waals surface area contributed by atoms with Crippen LogP contribution in [0.4, 0.5) is 5.82 Å². The average molecular weight is 143 g/mol. The van der Waals surface area contributed by atoms with Crippen LogP contribution < -0.4 is 5.48 Å². The molecule has 1 aromatic rings. The van der Waals surface area contributed by atoms with E-state index >= 15 is 0 Å². The standard InChI is InChI=1S/C4H5N3OS/c8-7-3-1-2-5-4(9)6-3/h1-2,8H,(H2,5,6,7,9). The van der Waals surface area contributed by atoms with E-state index in [1.807, 2.05) is 5.48 Å². The van der Waals surface area contributed by atoms with E-state index in [1.165, 1.54) is 6.20 Å². The molecule has 4 nitrogen and oxygen atoms in total. The van der Waals surface area contributed by atoms with Crippen LogP contribution in [0.3, 0.4) is 0 Å². The number of nitrogens with one attached hydrogen (secondary N) is 2. The summed E-state index contributed by atoms with van der Waals surface area (Å²) < 4.78 is 0.342. The normalized spacial score (nSPS) is 9.00. The first kappa shape index (κ1) is 6.18. The summed E-state index contributed by atoms with van der Waals surface area (Å²) in [5.41, 5.74) is 1.91. The lowest BCUT2D eigenvalue weighted by atomic mass is 10.6. The van der Waals surface area contributed by atoms with Gasteiger partial charge in [0.1, 0.15) is 5.82 Å². The molecule has 0 aliphatic carbocycles. The Balaban J connectivity index is 3.08. The van der Waals surface area contributed by atoms with Crippen LogP contribution in [0.25, 0.3) is 0 Å². The molecule has 48 valence electrons. The number of rotatable bonds is 1. The zero-order valence-corrected chi connectivity index (χ0v) is 5.27. The second-order valence-corrected chi connectivity index (χ2v) is 1.79. The van der Waals surface area contributed by atoms with Gasteiger partial charge in [0.2, 0.25) is 0 Å². The summed E-state index contributed by atoms with van der Waals surface area (Å²) in [7, 11) is 0. The Hall–Kier alpha value is -0.940. The number of anilines is 1. The topological polar surface area (TPSA) is 60.9 Å². The third-order valence-corrected chi connectivity index (χ3v) is 1.00. The van der Waals surface area contributed by atoms with Crippen LogP contribution in [0.1, 0.15) is 0 Å². The quantitative estimate of drug-likeness (QED) is 0.404. The van der Waals surface area contributed by atoms with E-state index in [0.29, 0.717) is 10.6 Å². The van der Waals surface area contributed by atoms with E-state index in [0.717, 1.165) is 0 Å². The van der Waals surface area contributed by atoms with Crippen molar-refractivity contribution in [3.05, 3.63) is 17.0 Å². The molecule has 1 heterocycles. The highest BCUT2D eigenvalue weighted by Gasteiger charge is 1.83. The van der Waals surface area contributed by atoms with Crippen molar-refractivity contribution >= 4 is 18.0 Å². The van der Waals surface area contributed by atoms with E-state index < -0.39 is 0 Å². The summed E-state index contributed by atoms with van der Waals surface area (Å²) in [5.74, 6) is 0.440. The molecule has 0 spiro atoms. The van der Waals surface area contributed by atoms with E-state index in [4.69, 9.17) is 5.21 Å². The number of hydrogen-bond acceptors (Lipinski definition) is 4. The third-order valence-electron chi connectivity index (χ3n) is 0.795. The molecule has 0 fully saturated rings. The lowest BCUT2D eigenvalue weighted by Gasteiger charge is -1.94. The molecule has 0 amide bonds. The second-order valence-electron chi connectivity index (χ2n) is 1.40. The molecule has 0 atom stereocenters.